The van der Waals surface area contributed by atoms with Gasteiger partial charge in [0.2, 0.25) is 5.91 Å². The van der Waals surface area contributed by atoms with Crippen molar-refractivity contribution >= 4 is 5.91 Å². The maximum Gasteiger partial charge on any atom is 0.220 e. The zero-order chi connectivity index (χ0) is 13.9. The van der Waals surface area contributed by atoms with Crippen LogP contribution in [0.1, 0.15) is 49.1 Å². The van der Waals surface area contributed by atoms with Crippen LogP contribution >= 0.6 is 0 Å². The van der Waals surface area contributed by atoms with Crippen LogP contribution in [0.3, 0.4) is 0 Å². The van der Waals surface area contributed by atoms with Crippen molar-refractivity contribution in [1.82, 2.24) is 10.5 Å². The van der Waals surface area contributed by atoms with E-state index in [0.717, 1.165) is 42.7 Å². The maximum atomic E-state index is 12.1. The molecule has 1 aliphatic carbocycles. The molecule has 3 N–H and O–H groups in total. The lowest BCUT2D eigenvalue weighted by Gasteiger charge is -2.28. The second kappa shape index (κ2) is 5.74. The van der Waals surface area contributed by atoms with Gasteiger partial charge >= 0.3 is 0 Å². The van der Waals surface area contributed by atoms with Crippen LogP contribution in [0, 0.1) is 13.8 Å². The second-order valence-corrected chi connectivity index (χ2v) is 5.54. The molecule has 0 spiro atoms. The first-order valence-corrected chi connectivity index (χ1v) is 6.99. The fourth-order valence-electron chi connectivity index (χ4n) is 2.89. The SMILES string of the molecule is Cc1noc(C)c1CCC(=O)NC1(CN)CCCC1. The van der Waals surface area contributed by atoms with Gasteiger partial charge in [0.05, 0.1) is 11.2 Å². The molecule has 1 heterocycles. The number of rotatable bonds is 5. The average Bonchev–Trinajstić information content (AvgIpc) is 2.96. The second-order valence-electron chi connectivity index (χ2n) is 5.54. The molecule has 1 aromatic rings. The Morgan fingerprint density at radius 2 is 2.11 bits per heavy atom. The van der Waals surface area contributed by atoms with Crippen LogP contribution in [0.25, 0.3) is 0 Å². The summed E-state index contributed by atoms with van der Waals surface area (Å²) in [5.74, 6) is 0.882. The summed E-state index contributed by atoms with van der Waals surface area (Å²) in [5.41, 5.74) is 7.58. The van der Waals surface area contributed by atoms with Crippen molar-refractivity contribution in [3.63, 3.8) is 0 Å². The molecule has 5 nitrogen and oxygen atoms in total. The maximum absolute atomic E-state index is 12.1. The molecule has 0 atom stereocenters. The molecular weight excluding hydrogens is 242 g/mol. The third-order valence-electron chi connectivity index (χ3n) is 4.14. The van der Waals surface area contributed by atoms with Crippen molar-refractivity contribution in [2.24, 2.45) is 5.73 Å². The first-order valence-electron chi connectivity index (χ1n) is 6.99. The molecule has 1 amide bonds. The minimum atomic E-state index is -0.157. The van der Waals surface area contributed by atoms with Crippen LogP contribution in [0.5, 0.6) is 0 Å². The topological polar surface area (TPSA) is 81.2 Å². The summed E-state index contributed by atoms with van der Waals surface area (Å²) in [6.45, 7) is 4.32. The number of carbonyl (C=O) groups excluding carboxylic acids is 1. The lowest BCUT2D eigenvalue weighted by atomic mass is 9.97. The first-order chi connectivity index (χ1) is 9.06. The normalized spacial score (nSPS) is 17.6. The standard InChI is InChI=1S/C14H23N3O2/c1-10-12(11(2)19-17-10)5-6-13(18)16-14(9-15)7-3-4-8-14/h3-9,15H2,1-2H3,(H,16,18). The van der Waals surface area contributed by atoms with Crippen LogP contribution in [0.2, 0.25) is 0 Å². The summed E-state index contributed by atoms with van der Waals surface area (Å²) in [4.78, 5) is 12.1. The first kappa shape index (κ1) is 14.1. The van der Waals surface area contributed by atoms with Gasteiger partial charge in [0.15, 0.2) is 0 Å². The number of nitrogens with one attached hydrogen (secondary N) is 1. The van der Waals surface area contributed by atoms with E-state index in [1.54, 1.807) is 0 Å². The van der Waals surface area contributed by atoms with E-state index in [4.69, 9.17) is 10.3 Å². The van der Waals surface area contributed by atoms with Crippen molar-refractivity contribution < 1.29 is 9.32 Å². The van der Waals surface area contributed by atoms with Crippen molar-refractivity contribution in [1.29, 1.82) is 0 Å². The lowest BCUT2D eigenvalue weighted by molar-refractivity contribution is -0.122. The Morgan fingerprint density at radius 3 is 2.63 bits per heavy atom. The predicted octanol–water partition coefficient (Wildman–Crippen LogP) is 1.61. The fraction of sp³-hybridized carbons (Fsp3) is 0.714. The largest absolute Gasteiger partial charge is 0.361 e. The number of hydrogen-bond donors (Lipinski definition) is 2. The van der Waals surface area contributed by atoms with Crippen molar-refractivity contribution in [2.75, 3.05) is 6.54 Å². The van der Waals surface area contributed by atoms with E-state index in [0.29, 0.717) is 19.4 Å². The van der Waals surface area contributed by atoms with Gasteiger partial charge in [-0.25, -0.2) is 0 Å². The van der Waals surface area contributed by atoms with Crippen molar-refractivity contribution in [3.05, 3.63) is 17.0 Å². The third kappa shape index (κ3) is 3.15. The molecule has 1 aromatic heterocycles. The molecule has 0 radical (unpaired) electrons. The Labute approximate surface area is 113 Å². The minimum Gasteiger partial charge on any atom is -0.361 e. The Balaban J connectivity index is 1.88. The van der Waals surface area contributed by atoms with Gasteiger partial charge in [-0.05, 0) is 33.1 Å². The van der Waals surface area contributed by atoms with E-state index in [1.807, 2.05) is 13.8 Å². The quantitative estimate of drug-likeness (QED) is 0.847. The van der Waals surface area contributed by atoms with Gasteiger partial charge in [-0.2, -0.15) is 0 Å². The molecule has 0 saturated heterocycles. The lowest BCUT2D eigenvalue weighted by Crippen LogP contribution is -2.51. The highest BCUT2D eigenvalue weighted by Gasteiger charge is 2.33. The number of nitrogens with two attached hydrogens (primary N) is 1. The molecule has 19 heavy (non-hydrogen) atoms. The number of carbonyl (C=O) groups is 1. The average molecular weight is 265 g/mol. The smallest absolute Gasteiger partial charge is 0.220 e. The highest BCUT2D eigenvalue weighted by atomic mass is 16.5. The van der Waals surface area contributed by atoms with E-state index < -0.39 is 0 Å². The zero-order valence-electron chi connectivity index (χ0n) is 11.8. The molecule has 1 saturated carbocycles. The molecule has 0 aromatic carbocycles. The Hall–Kier alpha value is -1.36. The Kier molecular flexibility index (Phi) is 4.24. The van der Waals surface area contributed by atoms with Gasteiger partial charge < -0.3 is 15.6 Å². The van der Waals surface area contributed by atoms with E-state index in [9.17, 15) is 4.79 Å². The van der Waals surface area contributed by atoms with Crippen LogP contribution in [-0.2, 0) is 11.2 Å². The van der Waals surface area contributed by atoms with Gasteiger partial charge in [0.1, 0.15) is 5.76 Å². The van der Waals surface area contributed by atoms with Gasteiger partial charge in [0.25, 0.3) is 0 Å². The molecular formula is C14H23N3O2. The van der Waals surface area contributed by atoms with E-state index in [2.05, 4.69) is 10.5 Å². The number of hydrogen-bond acceptors (Lipinski definition) is 4. The number of nitrogens with zero attached hydrogens (tertiary/aromatic N) is 1. The molecule has 0 aliphatic heterocycles. The van der Waals surface area contributed by atoms with E-state index in [1.165, 1.54) is 0 Å². The highest BCUT2D eigenvalue weighted by molar-refractivity contribution is 5.77. The number of aromatic nitrogens is 1. The molecule has 1 fully saturated rings. The van der Waals surface area contributed by atoms with Crippen LogP contribution in [-0.4, -0.2) is 23.1 Å². The summed E-state index contributed by atoms with van der Waals surface area (Å²) in [6, 6.07) is 0. The molecule has 0 unspecified atom stereocenters. The predicted molar refractivity (Wildman–Crippen MR) is 72.7 cm³/mol. The summed E-state index contributed by atoms with van der Waals surface area (Å²) in [7, 11) is 0. The summed E-state index contributed by atoms with van der Waals surface area (Å²) in [5, 5.41) is 7.03. The van der Waals surface area contributed by atoms with Crippen molar-refractivity contribution in [2.45, 2.75) is 57.9 Å². The molecule has 106 valence electrons. The van der Waals surface area contributed by atoms with Gasteiger partial charge in [0, 0.05) is 18.5 Å². The van der Waals surface area contributed by atoms with E-state index >= 15 is 0 Å². The van der Waals surface area contributed by atoms with Crippen LogP contribution in [0.4, 0.5) is 0 Å². The van der Waals surface area contributed by atoms with Crippen LogP contribution in [0.15, 0.2) is 4.52 Å². The fourth-order valence-corrected chi connectivity index (χ4v) is 2.89. The van der Waals surface area contributed by atoms with Gasteiger partial charge in [-0.15, -0.1) is 0 Å². The summed E-state index contributed by atoms with van der Waals surface area (Å²) < 4.78 is 5.10. The Morgan fingerprint density at radius 1 is 1.42 bits per heavy atom. The van der Waals surface area contributed by atoms with Gasteiger partial charge in [-0.3, -0.25) is 4.79 Å². The van der Waals surface area contributed by atoms with E-state index in [-0.39, 0.29) is 11.4 Å². The molecule has 0 bridgehead atoms. The minimum absolute atomic E-state index is 0.0763. The number of aryl methyl sites for hydroxylation is 2. The molecule has 1 aliphatic rings. The summed E-state index contributed by atoms with van der Waals surface area (Å²) in [6.07, 6.45) is 5.45. The van der Waals surface area contributed by atoms with Crippen LogP contribution < -0.4 is 11.1 Å². The number of amides is 1. The molecule has 2 rings (SSSR count). The Bertz CT molecular complexity index is 428. The highest BCUT2D eigenvalue weighted by Crippen LogP contribution is 2.28. The van der Waals surface area contributed by atoms with Crippen molar-refractivity contribution in [3.8, 4) is 0 Å². The monoisotopic (exact) mass is 265 g/mol. The zero-order valence-corrected chi connectivity index (χ0v) is 11.8. The molecule has 5 heteroatoms. The third-order valence-corrected chi connectivity index (χ3v) is 4.14. The summed E-state index contributed by atoms with van der Waals surface area (Å²) >= 11 is 0. The van der Waals surface area contributed by atoms with Gasteiger partial charge in [-0.1, -0.05) is 18.0 Å².